The van der Waals surface area contributed by atoms with Gasteiger partial charge in [-0.2, -0.15) is 0 Å². The Morgan fingerprint density at radius 3 is 1.46 bits per heavy atom. The van der Waals surface area contributed by atoms with E-state index in [0.717, 1.165) is 20.9 Å². The van der Waals surface area contributed by atoms with Crippen LogP contribution in [0.1, 0.15) is 11.1 Å². The van der Waals surface area contributed by atoms with Crippen LogP contribution >= 0.6 is 28.6 Å². The maximum absolute atomic E-state index is 7.57. The van der Waals surface area contributed by atoms with Crippen LogP contribution in [0.5, 0.6) is 0 Å². The molecule has 0 saturated carbocycles. The second kappa shape index (κ2) is 6.62. The molecule has 4 heteroatoms. The average molecular weight is 574 g/mol. The minimum absolute atomic E-state index is 0.680. The zero-order valence-electron chi connectivity index (χ0n) is 13.5. The molecule has 0 bridgehead atoms. The monoisotopic (exact) mass is 572 g/mol. The van der Waals surface area contributed by atoms with Crippen molar-refractivity contribution in [2.24, 2.45) is 0 Å². The van der Waals surface area contributed by atoms with E-state index in [1.807, 2.05) is 48.5 Å². The van der Waals surface area contributed by atoms with Gasteiger partial charge in [0.05, 0.1) is 0 Å². The third-order valence-corrected chi connectivity index (χ3v) is 29.6. The van der Waals surface area contributed by atoms with Crippen LogP contribution in [-0.2, 0) is 0 Å². The van der Waals surface area contributed by atoms with E-state index >= 15 is 0 Å². The molecular weight excluding hydrogens is 556 g/mol. The van der Waals surface area contributed by atoms with Gasteiger partial charge in [-0.3, -0.25) is 0 Å². The van der Waals surface area contributed by atoms with E-state index in [1.165, 1.54) is 0 Å². The van der Waals surface area contributed by atoms with Gasteiger partial charge in [0.2, 0.25) is 0 Å². The Bertz CT molecular complexity index is 836. The van der Waals surface area contributed by atoms with Crippen molar-refractivity contribution >= 4 is 54.8 Å². The van der Waals surface area contributed by atoms with Crippen molar-refractivity contribution in [1.29, 1.82) is 0 Å². The molecule has 0 atom stereocenters. The first-order chi connectivity index (χ1) is 11.3. The van der Waals surface area contributed by atoms with Gasteiger partial charge in [0.25, 0.3) is 0 Å². The molecule has 3 aromatic carbocycles. The fourth-order valence-corrected chi connectivity index (χ4v) is 25.8. The summed E-state index contributed by atoms with van der Waals surface area (Å²) in [6.07, 6.45) is 0. The van der Waals surface area contributed by atoms with E-state index in [2.05, 4.69) is 38.1 Å². The molecule has 124 valence electrons. The molecule has 3 aromatic rings. The summed E-state index contributed by atoms with van der Waals surface area (Å²) in [4.78, 5) is 0. The van der Waals surface area contributed by atoms with E-state index in [-0.39, 0.29) is 0 Å². The van der Waals surface area contributed by atoms with Gasteiger partial charge in [0.15, 0.2) is 0 Å². The quantitative estimate of drug-likeness (QED) is 0.393. The van der Waals surface area contributed by atoms with Crippen LogP contribution in [0.15, 0.2) is 72.8 Å². The fraction of sp³-hybridized carbons (Fsp3) is 0.100. The van der Waals surface area contributed by atoms with Gasteiger partial charge in [-0.15, -0.1) is 0 Å². The molecule has 0 N–H and O–H groups in total. The first kappa shape index (κ1) is 18.2. The van der Waals surface area contributed by atoms with E-state index in [9.17, 15) is 0 Å². The van der Waals surface area contributed by atoms with Crippen LogP contribution in [0.4, 0.5) is 0 Å². The molecule has 3 rings (SSSR count). The van der Waals surface area contributed by atoms with Crippen molar-refractivity contribution in [1.82, 2.24) is 0 Å². The Labute approximate surface area is 156 Å². The molecule has 0 aliphatic rings. The predicted molar refractivity (Wildman–Crippen MR) is 110 cm³/mol. The van der Waals surface area contributed by atoms with Crippen molar-refractivity contribution in [3.8, 4) is 0 Å². The molecule has 0 aliphatic heterocycles. The van der Waals surface area contributed by atoms with Gasteiger partial charge in [0.1, 0.15) is 0 Å². The standard InChI is InChI=1S/2C7H7.C6H4Cl.Bi.2ClH/c2*1-7-5-3-2-4-6-7;7-6-4-2-1-3-5-6;;;/h2*2-5H,1H3;2-5H;;2*1H/q;;;+2;;/p-2. The Morgan fingerprint density at radius 2 is 1.04 bits per heavy atom. The van der Waals surface area contributed by atoms with Crippen LogP contribution < -0.4 is 9.81 Å². The molecule has 0 heterocycles. The zero-order chi connectivity index (χ0) is 17.4. The number of benzene rings is 3. The summed E-state index contributed by atoms with van der Waals surface area (Å²) in [6.45, 7) is 4.14. The van der Waals surface area contributed by atoms with E-state index in [4.69, 9.17) is 28.6 Å². The van der Waals surface area contributed by atoms with E-state index < -0.39 is 16.4 Å². The third-order valence-electron chi connectivity index (χ3n) is 4.36. The van der Waals surface area contributed by atoms with Crippen LogP contribution in [0.2, 0.25) is 5.02 Å². The fourth-order valence-electron chi connectivity index (χ4n) is 3.12. The molecule has 24 heavy (non-hydrogen) atoms. The zero-order valence-corrected chi connectivity index (χ0v) is 19.3. The molecular formula is C20H18BiCl3. The first-order valence-electron chi connectivity index (χ1n) is 7.67. The molecule has 0 radical (unpaired) electrons. The number of aryl methyl sites for hydroxylation is 2. The van der Waals surface area contributed by atoms with Crippen molar-refractivity contribution < 1.29 is 0 Å². The number of hydrogen-bond donors (Lipinski definition) is 0. The van der Waals surface area contributed by atoms with E-state index in [1.54, 1.807) is 0 Å². The molecule has 0 saturated heterocycles. The van der Waals surface area contributed by atoms with Crippen LogP contribution in [-0.4, -0.2) is 16.4 Å². The molecule has 0 unspecified atom stereocenters. The topological polar surface area (TPSA) is 0 Å². The first-order valence-corrected chi connectivity index (χ1v) is 21.8. The summed E-state index contributed by atoms with van der Waals surface area (Å²) in [5.74, 6) is 0. The Kier molecular flexibility index (Phi) is 5.02. The summed E-state index contributed by atoms with van der Waals surface area (Å²) in [5.41, 5.74) is 2.24. The summed E-state index contributed by atoms with van der Waals surface area (Å²) in [7, 11) is 15.1. The summed E-state index contributed by atoms with van der Waals surface area (Å²) in [5, 5.41) is 0.680. The number of halogens is 3. The van der Waals surface area contributed by atoms with Crippen LogP contribution in [0, 0.1) is 13.8 Å². The van der Waals surface area contributed by atoms with Gasteiger partial charge in [-0.05, 0) is 0 Å². The molecule has 0 aliphatic carbocycles. The molecule has 0 amide bonds. The predicted octanol–water partition coefficient (Wildman–Crippen LogP) is 4.85. The SMILES string of the molecule is Cc1cccc[c]1[Bi]([Cl])([Cl])([c]1ccc(Cl)cc1)[c]1ccccc1C. The van der Waals surface area contributed by atoms with Crippen LogP contribution in [0.3, 0.4) is 0 Å². The van der Waals surface area contributed by atoms with Crippen molar-refractivity contribution in [2.75, 3.05) is 0 Å². The molecule has 0 nitrogen and oxygen atoms in total. The third kappa shape index (κ3) is 2.91. The molecule has 0 fully saturated rings. The van der Waals surface area contributed by atoms with Crippen molar-refractivity contribution in [2.45, 2.75) is 13.8 Å². The van der Waals surface area contributed by atoms with Crippen LogP contribution in [0.25, 0.3) is 0 Å². The summed E-state index contributed by atoms with van der Waals surface area (Å²) >= 11 is 1.30. The summed E-state index contributed by atoms with van der Waals surface area (Å²) < 4.78 is 3.10. The van der Waals surface area contributed by atoms with Crippen molar-refractivity contribution in [3.63, 3.8) is 0 Å². The minimum atomic E-state index is -4.80. The molecule has 0 aromatic heterocycles. The summed E-state index contributed by atoms with van der Waals surface area (Å²) in [6, 6.07) is 24.0. The number of rotatable bonds is 3. The van der Waals surface area contributed by atoms with Gasteiger partial charge in [-0.25, -0.2) is 0 Å². The van der Waals surface area contributed by atoms with Gasteiger partial charge in [-0.1, -0.05) is 0 Å². The Morgan fingerprint density at radius 1 is 0.625 bits per heavy atom. The van der Waals surface area contributed by atoms with E-state index in [0.29, 0.717) is 5.02 Å². The van der Waals surface area contributed by atoms with Gasteiger partial charge in [0, 0.05) is 0 Å². The van der Waals surface area contributed by atoms with Gasteiger partial charge >= 0.3 is 158 Å². The van der Waals surface area contributed by atoms with Gasteiger partial charge < -0.3 is 0 Å². The normalized spacial score (nSPS) is 13.3. The Hall–Kier alpha value is -0.587. The molecule has 0 spiro atoms. The second-order valence-electron chi connectivity index (χ2n) is 5.96. The Balaban J connectivity index is 2.44. The average Bonchev–Trinajstić information content (AvgIpc) is 2.56. The maximum atomic E-state index is 7.57. The number of hydrogen-bond acceptors (Lipinski definition) is 0. The second-order valence-corrected chi connectivity index (χ2v) is 32.6. The van der Waals surface area contributed by atoms with Crippen molar-refractivity contribution in [3.05, 3.63) is 88.9 Å².